The van der Waals surface area contributed by atoms with Gasteiger partial charge in [0.25, 0.3) is 0 Å². The Hall–Kier alpha value is -1.06. The number of nitrogen functional groups attached to an aromatic ring is 1. The molecule has 0 bridgehead atoms. The van der Waals surface area contributed by atoms with Gasteiger partial charge in [0.05, 0.1) is 5.69 Å². The smallest absolute Gasteiger partial charge is 0.169 e. The third kappa shape index (κ3) is 1.57. The third-order valence-electron chi connectivity index (χ3n) is 1.80. The van der Waals surface area contributed by atoms with Crippen LogP contribution < -0.4 is 5.73 Å². The van der Waals surface area contributed by atoms with Crippen LogP contribution in [0.3, 0.4) is 0 Å². The van der Waals surface area contributed by atoms with Gasteiger partial charge in [0.15, 0.2) is 5.82 Å². The average Bonchev–Trinajstić information content (AvgIpc) is 2.34. The predicted octanol–water partition coefficient (Wildman–Crippen LogP) is 1.39. The lowest BCUT2D eigenvalue weighted by Gasteiger charge is -2.08. The standard InChI is InChI=1S/C8H16N4/c1-4-5-7-8(9)10-11-12(7)6(2)3/h6H,4-5,9H2,1-3H3. The van der Waals surface area contributed by atoms with Gasteiger partial charge in [-0.1, -0.05) is 18.6 Å². The van der Waals surface area contributed by atoms with Crippen molar-refractivity contribution in [3.05, 3.63) is 5.69 Å². The highest BCUT2D eigenvalue weighted by Crippen LogP contribution is 2.14. The molecular weight excluding hydrogens is 152 g/mol. The number of anilines is 1. The Bertz CT molecular complexity index is 252. The molecule has 0 spiro atoms. The Morgan fingerprint density at radius 1 is 1.50 bits per heavy atom. The van der Waals surface area contributed by atoms with Gasteiger partial charge in [-0.15, -0.1) is 5.10 Å². The van der Waals surface area contributed by atoms with Crippen LogP contribution in [0, 0.1) is 0 Å². The fourth-order valence-electron chi connectivity index (χ4n) is 1.22. The summed E-state index contributed by atoms with van der Waals surface area (Å²) in [6.07, 6.45) is 2.03. The van der Waals surface area contributed by atoms with Crippen LogP contribution in [0.1, 0.15) is 38.9 Å². The Kier molecular flexibility index (Phi) is 2.68. The van der Waals surface area contributed by atoms with Crippen molar-refractivity contribution in [2.24, 2.45) is 0 Å². The van der Waals surface area contributed by atoms with E-state index in [9.17, 15) is 0 Å². The van der Waals surface area contributed by atoms with Crippen LogP contribution in [0.25, 0.3) is 0 Å². The van der Waals surface area contributed by atoms with Crippen LogP contribution in [-0.4, -0.2) is 15.0 Å². The maximum Gasteiger partial charge on any atom is 0.169 e. The molecule has 4 nitrogen and oxygen atoms in total. The summed E-state index contributed by atoms with van der Waals surface area (Å²) < 4.78 is 1.89. The van der Waals surface area contributed by atoms with Gasteiger partial charge in [-0.05, 0) is 20.3 Å². The molecular formula is C8H16N4. The summed E-state index contributed by atoms with van der Waals surface area (Å²) in [4.78, 5) is 0. The minimum Gasteiger partial charge on any atom is -0.381 e. The highest BCUT2D eigenvalue weighted by atomic mass is 15.5. The number of rotatable bonds is 3. The lowest BCUT2D eigenvalue weighted by atomic mass is 10.2. The van der Waals surface area contributed by atoms with Gasteiger partial charge in [-0.3, -0.25) is 0 Å². The van der Waals surface area contributed by atoms with Crippen molar-refractivity contribution >= 4 is 5.82 Å². The highest BCUT2D eigenvalue weighted by molar-refractivity contribution is 5.33. The zero-order chi connectivity index (χ0) is 9.14. The Morgan fingerprint density at radius 2 is 2.17 bits per heavy atom. The minimum atomic E-state index is 0.344. The molecule has 0 amide bonds. The van der Waals surface area contributed by atoms with Crippen molar-refractivity contribution in [1.29, 1.82) is 0 Å². The van der Waals surface area contributed by atoms with Crippen LogP contribution in [-0.2, 0) is 6.42 Å². The maximum absolute atomic E-state index is 5.67. The van der Waals surface area contributed by atoms with Crippen molar-refractivity contribution < 1.29 is 0 Å². The van der Waals surface area contributed by atoms with E-state index in [1.807, 2.05) is 4.68 Å². The molecule has 0 radical (unpaired) electrons. The Labute approximate surface area is 72.8 Å². The van der Waals surface area contributed by atoms with E-state index >= 15 is 0 Å². The third-order valence-corrected chi connectivity index (χ3v) is 1.80. The van der Waals surface area contributed by atoms with Crippen LogP contribution >= 0.6 is 0 Å². The lowest BCUT2D eigenvalue weighted by Crippen LogP contribution is -2.08. The molecule has 0 aliphatic carbocycles. The van der Waals surface area contributed by atoms with Gasteiger partial charge in [-0.25, -0.2) is 4.68 Å². The molecule has 0 aliphatic rings. The first-order valence-electron chi connectivity index (χ1n) is 4.36. The summed E-state index contributed by atoms with van der Waals surface area (Å²) in [5, 5.41) is 7.82. The first-order valence-corrected chi connectivity index (χ1v) is 4.36. The summed E-state index contributed by atoms with van der Waals surface area (Å²) >= 11 is 0. The number of aromatic nitrogens is 3. The number of hydrogen-bond acceptors (Lipinski definition) is 3. The molecule has 0 atom stereocenters. The molecule has 1 aromatic heterocycles. The fraction of sp³-hybridized carbons (Fsp3) is 0.750. The second-order valence-corrected chi connectivity index (χ2v) is 3.21. The summed E-state index contributed by atoms with van der Waals surface area (Å²) in [7, 11) is 0. The van der Waals surface area contributed by atoms with Crippen molar-refractivity contribution in [1.82, 2.24) is 15.0 Å². The van der Waals surface area contributed by atoms with Crippen molar-refractivity contribution in [2.45, 2.75) is 39.7 Å². The Morgan fingerprint density at radius 3 is 2.67 bits per heavy atom. The maximum atomic E-state index is 5.67. The molecule has 2 N–H and O–H groups in total. The molecule has 0 aliphatic heterocycles. The summed E-state index contributed by atoms with van der Waals surface area (Å²) in [6.45, 7) is 6.28. The van der Waals surface area contributed by atoms with Crippen LogP contribution in [0.2, 0.25) is 0 Å². The molecule has 12 heavy (non-hydrogen) atoms. The highest BCUT2D eigenvalue weighted by Gasteiger charge is 2.10. The lowest BCUT2D eigenvalue weighted by molar-refractivity contribution is 0.492. The normalized spacial score (nSPS) is 11.0. The minimum absolute atomic E-state index is 0.344. The zero-order valence-electron chi connectivity index (χ0n) is 7.91. The van der Waals surface area contributed by atoms with E-state index < -0.39 is 0 Å². The van der Waals surface area contributed by atoms with E-state index in [0.717, 1.165) is 18.5 Å². The summed E-state index contributed by atoms with van der Waals surface area (Å²) in [6, 6.07) is 0.344. The predicted molar refractivity (Wildman–Crippen MR) is 48.8 cm³/mol. The zero-order valence-corrected chi connectivity index (χ0v) is 7.91. The topological polar surface area (TPSA) is 56.7 Å². The quantitative estimate of drug-likeness (QED) is 0.742. The van der Waals surface area contributed by atoms with Crippen molar-refractivity contribution in [3.63, 3.8) is 0 Å². The van der Waals surface area contributed by atoms with E-state index in [1.54, 1.807) is 0 Å². The summed E-state index contributed by atoms with van der Waals surface area (Å²) in [5.74, 6) is 0.575. The molecule has 0 aromatic carbocycles. The van der Waals surface area contributed by atoms with Gasteiger partial charge in [0.1, 0.15) is 0 Å². The van der Waals surface area contributed by atoms with Crippen LogP contribution in [0.15, 0.2) is 0 Å². The largest absolute Gasteiger partial charge is 0.381 e. The second kappa shape index (κ2) is 3.56. The van der Waals surface area contributed by atoms with Crippen LogP contribution in [0.4, 0.5) is 5.82 Å². The van der Waals surface area contributed by atoms with Crippen molar-refractivity contribution in [3.8, 4) is 0 Å². The van der Waals surface area contributed by atoms with Crippen molar-refractivity contribution in [2.75, 3.05) is 5.73 Å². The van der Waals surface area contributed by atoms with E-state index in [2.05, 4.69) is 31.1 Å². The van der Waals surface area contributed by atoms with E-state index in [0.29, 0.717) is 11.9 Å². The first-order chi connectivity index (χ1) is 5.66. The van der Waals surface area contributed by atoms with E-state index in [1.165, 1.54) is 0 Å². The number of hydrogen-bond donors (Lipinski definition) is 1. The second-order valence-electron chi connectivity index (χ2n) is 3.21. The van der Waals surface area contributed by atoms with Gasteiger partial charge in [0, 0.05) is 6.04 Å². The number of nitrogens with two attached hydrogens (primary N) is 1. The van der Waals surface area contributed by atoms with Gasteiger partial charge >= 0.3 is 0 Å². The SMILES string of the molecule is CCCc1c(N)nnn1C(C)C. The fourth-order valence-corrected chi connectivity index (χ4v) is 1.22. The molecule has 1 heterocycles. The molecule has 68 valence electrons. The van der Waals surface area contributed by atoms with Gasteiger partial charge in [0.2, 0.25) is 0 Å². The molecule has 0 saturated carbocycles. The molecule has 0 unspecified atom stereocenters. The molecule has 0 fully saturated rings. The van der Waals surface area contributed by atoms with Gasteiger partial charge < -0.3 is 5.73 Å². The molecule has 1 aromatic rings. The first kappa shape index (κ1) is 9.03. The molecule has 1 rings (SSSR count). The molecule has 0 saturated heterocycles. The van der Waals surface area contributed by atoms with Gasteiger partial charge in [-0.2, -0.15) is 0 Å². The van der Waals surface area contributed by atoms with Crippen LogP contribution in [0.5, 0.6) is 0 Å². The molecule has 4 heteroatoms. The van der Waals surface area contributed by atoms with E-state index in [-0.39, 0.29) is 0 Å². The number of nitrogens with zero attached hydrogens (tertiary/aromatic N) is 3. The summed E-state index contributed by atoms with van der Waals surface area (Å²) in [5.41, 5.74) is 6.73. The average molecular weight is 168 g/mol. The Balaban J connectivity index is 2.95. The monoisotopic (exact) mass is 168 g/mol. The van der Waals surface area contributed by atoms with E-state index in [4.69, 9.17) is 5.73 Å².